The molecule has 0 atom stereocenters. The molecule has 3 N–H and O–H groups in total. The average Bonchev–Trinajstić information content (AvgIpc) is 2.47. The maximum absolute atomic E-state index is 11.9. The number of para-hydroxylation sites is 1. The van der Waals surface area contributed by atoms with E-state index < -0.39 is 0 Å². The standard InChI is InChI=1S/C17H20N2O2/c1-13-8-9-15(16(20)12-13)17(21)19-11-5-10-18-14-6-3-2-4-7-14/h2-4,6-9,12,18,20H,5,10-11H2,1H3,(H,19,21). The second-order valence-corrected chi connectivity index (χ2v) is 4.92. The summed E-state index contributed by atoms with van der Waals surface area (Å²) >= 11 is 0. The van der Waals surface area contributed by atoms with Crippen LogP contribution >= 0.6 is 0 Å². The van der Waals surface area contributed by atoms with E-state index in [4.69, 9.17) is 0 Å². The molecule has 0 fully saturated rings. The molecule has 0 aliphatic rings. The molecule has 0 unspecified atom stereocenters. The van der Waals surface area contributed by atoms with Gasteiger partial charge in [-0.2, -0.15) is 0 Å². The van der Waals surface area contributed by atoms with Gasteiger partial charge in [-0.05, 0) is 43.2 Å². The van der Waals surface area contributed by atoms with Crippen LogP contribution in [0.4, 0.5) is 5.69 Å². The number of benzene rings is 2. The van der Waals surface area contributed by atoms with Crippen molar-refractivity contribution in [3.63, 3.8) is 0 Å². The van der Waals surface area contributed by atoms with E-state index in [0.29, 0.717) is 12.1 Å². The summed E-state index contributed by atoms with van der Waals surface area (Å²) in [6, 6.07) is 15.0. The van der Waals surface area contributed by atoms with Crippen LogP contribution in [-0.2, 0) is 0 Å². The molecule has 1 amide bonds. The second-order valence-electron chi connectivity index (χ2n) is 4.92. The van der Waals surface area contributed by atoms with E-state index >= 15 is 0 Å². The fourth-order valence-electron chi connectivity index (χ4n) is 2.01. The summed E-state index contributed by atoms with van der Waals surface area (Å²) < 4.78 is 0. The zero-order valence-electron chi connectivity index (χ0n) is 12.1. The fourth-order valence-corrected chi connectivity index (χ4v) is 2.01. The van der Waals surface area contributed by atoms with Crippen LogP contribution in [-0.4, -0.2) is 24.1 Å². The number of hydrogen-bond acceptors (Lipinski definition) is 3. The Bertz CT molecular complexity index is 597. The van der Waals surface area contributed by atoms with Crippen LogP contribution in [0.1, 0.15) is 22.3 Å². The minimum Gasteiger partial charge on any atom is -0.507 e. The number of rotatable bonds is 6. The Kier molecular flexibility index (Phi) is 5.21. The largest absolute Gasteiger partial charge is 0.507 e. The van der Waals surface area contributed by atoms with Crippen LogP contribution in [0.2, 0.25) is 0 Å². The first-order chi connectivity index (χ1) is 10.2. The van der Waals surface area contributed by atoms with E-state index in [2.05, 4.69) is 10.6 Å². The molecule has 110 valence electrons. The predicted octanol–water partition coefficient (Wildman–Crippen LogP) is 2.93. The molecule has 0 radical (unpaired) electrons. The predicted molar refractivity (Wildman–Crippen MR) is 84.7 cm³/mol. The number of carbonyl (C=O) groups is 1. The quantitative estimate of drug-likeness (QED) is 0.715. The van der Waals surface area contributed by atoms with Gasteiger partial charge in [0.15, 0.2) is 0 Å². The Morgan fingerprint density at radius 3 is 2.57 bits per heavy atom. The van der Waals surface area contributed by atoms with Crippen molar-refractivity contribution >= 4 is 11.6 Å². The smallest absolute Gasteiger partial charge is 0.255 e. The van der Waals surface area contributed by atoms with Gasteiger partial charge in [0.1, 0.15) is 5.75 Å². The highest BCUT2D eigenvalue weighted by atomic mass is 16.3. The molecule has 2 aromatic rings. The Hall–Kier alpha value is -2.49. The van der Waals surface area contributed by atoms with Crippen LogP contribution in [0.15, 0.2) is 48.5 Å². The molecule has 0 bridgehead atoms. The number of nitrogens with one attached hydrogen (secondary N) is 2. The SMILES string of the molecule is Cc1ccc(C(=O)NCCCNc2ccccc2)c(O)c1. The first-order valence-electron chi connectivity index (χ1n) is 7.03. The van der Waals surface area contributed by atoms with Crippen molar-refractivity contribution in [2.24, 2.45) is 0 Å². The van der Waals surface area contributed by atoms with Crippen LogP contribution < -0.4 is 10.6 Å². The van der Waals surface area contributed by atoms with Gasteiger partial charge in [0.25, 0.3) is 5.91 Å². The van der Waals surface area contributed by atoms with Crippen LogP contribution in [0.25, 0.3) is 0 Å². The van der Waals surface area contributed by atoms with Gasteiger partial charge in [-0.3, -0.25) is 4.79 Å². The lowest BCUT2D eigenvalue weighted by Crippen LogP contribution is -2.25. The highest BCUT2D eigenvalue weighted by Gasteiger charge is 2.09. The number of hydrogen-bond donors (Lipinski definition) is 3. The monoisotopic (exact) mass is 284 g/mol. The first-order valence-corrected chi connectivity index (χ1v) is 7.03. The van der Waals surface area contributed by atoms with Crippen LogP contribution in [0, 0.1) is 6.92 Å². The number of carbonyl (C=O) groups excluding carboxylic acids is 1. The fraction of sp³-hybridized carbons (Fsp3) is 0.235. The van der Waals surface area contributed by atoms with Gasteiger partial charge in [-0.25, -0.2) is 0 Å². The number of aromatic hydroxyl groups is 1. The van der Waals surface area contributed by atoms with E-state index in [9.17, 15) is 9.90 Å². The zero-order chi connectivity index (χ0) is 15.1. The van der Waals surface area contributed by atoms with Crippen LogP contribution in [0.5, 0.6) is 5.75 Å². The lowest BCUT2D eigenvalue weighted by Gasteiger charge is -2.09. The van der Waals surface area contributed by atoms with Gasteiger partial charge in [0.2, 0.25) is 0 Å². The number of anilines is 1. The first kappa shape index (κ1) is 14.9. The summed E-state index contributed by atoms with van der Waals surface area (Å²) in [5.74, 6) is -0.220. The van der Waals surface area contributed by atoms with E-state index in [1.807, 2.05) is 43.3 Å². The van der Waals surface area contributed by atoms with Crippen molar-refractivity contribution in [3.05, 3.63) is 59.7 Å². The summed E-state index contributed by atoms with van der Waals surface area (Å²) in [5.41, 5.74) is 2.31. The van der Waals surface area contributed by atoms with E-state index in [1.54, 1.807) is 12.1 Å². The molecular formula is C17H20N2O2. The highest BCUT2D eigenvalue weighted by Crippen LogP contribution is 2.17. The van der Waals surface area contributed by atoms with E-state index in [0.717, 1.165) is 24.2 Å². The van der Waals surface area contributed by atoms with Gasteiger partial charge in [-0.15, -0.1) is 0 Å². The topological polar surface area (TPSA) is 61.4 Å². The lowest BCUT2D eigenvalue weighted by atomic mass is 10.1. The van der Waals surface area contributed by atoms with Crippen molar-refractivity contribution in [2.75, 3.05) is 18.4 Å². The molecule has 0 aromatic heterocycles. The molecule has 0 heterocycles. The number of phenolic OH excluding ortho intramolecular Hbond substituents is 1. The van der Waals surface area contributed by atoms with E-state index in [1.165, 1.54) is 0 Å². The Balaban J connectivity index is 1.72. The van der Waals surface area contributed by atoms with Gasteiger partial charge in [0, 0.05) is 18.8 Å². The molecule has 0 spiro atoms. The number of aryl methyl sites for hydroxylation is 1. The summed E-state index contributed by atoms with van der Waals surface area (Å²) in [5, 5.41) is 15.8. The van der Waals surface area contributed by atoms with Crippen LogP contribution in [0.3, 0.4) is 0 Å². The number of phenols is 1. The maximum Gasteiger partial charge on any atom is 0.255 e. The van der Waals surface area contributed by atoms with Gasteiger partial charge in [-0.1, -0.05) is 24.3 Å². The molecule has 0 aliphatic carbocycles. The third-order valence-corrected chi connectivity index (χ3v) is 3.14. The Morgan fingerprint density at radius 1 is 1.10 bits per heavy atom. The summed E-state index contributed by atoms with van der Waals surface area (Å²) in [4.78, 5) is 11.9. The molecule has 2 rings (SSSR count). The average molecular weight is 284 g/mol. The maximum atomic E-state index is 11.9. The minimum absolute atomic E-state index is 0.0231. The molecule has 4 nitrogen and oxygen atoms in total. The molecule has 2 aromatic carbocycles. The third-order valence-electron chi connectivity index (χ3n) is 3.14. The third kappa shape index (κ3) is 4.53. The second kappa shape index (κ2) is 7.33. The summed E-state index contributed by atoms with van der Waals surface area (Å²) in [6.45, 7) is 3.22. The zero-order valence-corrected chi connectivity index (χ0v) is 12.1. The van der Waals surface area contributed by atoms with Gasteiger partial charge >= 0.3 is 0 Å². The molecule has 4 heteroatoms. The Morgan fingerprint density at radius 2 is 1.86 bits per heavy atom. The van der Waals surface area contributed by atoms with E-state index in [-0.39, 0.29) is 11.7 Å². The summed E-state index contributed by atoms with van der Waals surface area (Å²) in [6.07, 6.45) is 0.813. The van der Waals surface area contributed by atoms with Crippen molar-refractivity contribution < 1.29 is 9.90 Å². The molecular weight excluding hydrogens is 264 g/mol. The van der Waals surface area contributed by atoms with Gasteiger partial charge in [0.05, 0.1) is 5.56 Å². The Labute approximate surface area is 124 Å². The number of amides is 1. The van der Waals surface area contributed by atoms with Crippen molar-refractivity contribution in [1.29, 1.82) is 0 Å². The molecule has 0 aliphatic heterocycles. The normalized spacial score (nSPS) is 10.1. The molecule has 0 saturated carbocycles. The molecule has 21 heavy (non-hydrogen) atoms. The lowest BCUT2D eigenvalue weighted by molar-refractivity contribution is 0.0951. The van der Waals surface area contributed by atoms with Crippen molar-refractivity contribution in [1.82, 2.24) is 5.32 Å². The van der Waals surface area contributed by atoms with Crippen molar-refractivity contribution in [2.45, 2.75) is 13.3 Å². The minimum atomic E-state index is -0.243. The van der Waals surface area contributed by atoms with Gasteiger partial charge < -0.3 is 15.7 Å². The highest BCUT2D eigenvalue weighted by molar-refractivity contribution is 5.96. The molecule has 0 saturated heterocycles. The van der Waals surface area contributed by atoms with Crippen molar-refractivity contribution in [3.8, 4) is 5.75 Å². The summed E-state index contributed by atoms with van der Waals surface area (Å²) in [7, 11) is 0.